The first-order chi connectivity index (χ1) is 15.1. The molecular formula is C22H28N6O2S. The van der Waals surface area contributed by atoms with Gasteiger partial charge in [0.05, 0.1) is 7.11 Å². The lowest BCUT2D eigenvalue weighted by Gasteiger charge is -2.27. The molecule has 2 aromatic heterocycles. The number of aromatic nitrogens is 4. The molecule has 0 bridgehead atoms. The summed E-state index contributed by atoms with van der Waals surface area (Å²) < 4.78 is 7.00. The number of amides is 1. The van der Waals surface area contributed by atoms with E-state index in [1.807, 2.05) is 36.1 Å². The Kier molecular flexibility index (Phi) is 6.93. The van der Waals surface area contributed by atoms with Crippen LogP contribution in [0.1, 0.15) is 28.7 Å². The monoisotopic (exact) mass is 440 g/mol. The van der Waals surface area contributed by atoms with Gasteiger partial charge in [-0.25, -0.2) is 4.68 Å². The van der Waals surface area contributed by atoms with Crippen LogP contribution in [0.25, 0.3) is 0 Å². The second kappa shape index (κ2) is 10.0. The zero-order chi connectivity index (χ0) is 21.6. The van der Waals surface area contributed by atoms with E-state index in [1.165, 1.54) is 4.88 Å². The Morgan fingerprint density at radius 2 is 2.10 bits per heavy atom. The molecule has 1 unspecified atom stereocenters. The van der Waals surface area contributed by atoms with Gasteiger partial charge in [0.1, 0.15) is 17.6 Å². The number of nitrogens with zero attached hydrogens (tertiary/aromatic N) is 6. The van der Waals surface area contributed by atoms with Gasteiger partial charge in [-0.1, -0.05) is 18.2 Å². The molecule has 0 spiro atoms. The van der Waals surface area contributed by atoms with Crippen molar-refractivity contribution < 1.29 is 9.53 Å². The van der Waals surface area contributed by atoms with Gasteiger partial charge >= 0.3 is 0 Å². The van der Waals surface area contributed by atoms with Gasteiger partial charge in [-0.05, 0) is 52.9 Å². The minimum Gasteiger partial charge on any atom is -0.497 e. The molecule has 1 aromatic carbocycles. The summed E-state index contributed by atoms with van der Waals surface area (Å²) in [6, 6.07) is 11.6. The van der Waals surface area contributed by atoms with Crippen LogP contribution in [-0.2, 0) is 17.8 Å². The summed E-state index contributed by atoms with van der Waals surface area (Å²) in [5.74, 6) is 1.47. The van der Waals surface area contributed by atoms with Crippen LogP contribution >= 0.6 is 11.3 Å². The van der Waals surface area contributed by atoms with Gasteiger partial charge in [-0.2, -0.15) is 0 Å². The van der Waals surface area contributed by atoms with Crippen molar-refractivity contribution in [2.24, 2.45) is 0 Å². The molecule has 0 radical (unpaired) electrons. The number of ether oxygens (including phenoxy) is 1. The van der Waals surface area contributed by atoms with E-state index >= 15 is 0 Å². The van der Waals surface area contributed by atoms with E-state index in [2.05, 4.69) is 37.9 Å². The van der Waals surface area contributed by atoms with E-state index < -0.39 is 6.04 Å². The fourth-order valence-corrected chi connectivity index (χ4v) is 4.76. The summed E-state index contributed by atoms with van der Waals surface area (Å²) in [4.78, 5) is 19.4. The molecule has 1 fully saturated rings. The van der Waals surface area contributed by atoms with Gasteiger partial charge in [0, 0.05) is 44.0 Å². The van der Waals surface area contributed by atoms with E-state index in [-0.39, 0.29) is 5.91 Å². The molecular weight excluding hydrogens is 412 g/mol. The molecule has 8 nitrogen and oxygen atoms in total. The summed E-state index contributed by atoms with van der Waals surface area (Å²) in [5, 5.41) is 14.0. The van der Waals surface area contributed by atoms with Crippen LogP contribution in [0.15, 0.2) is 41.8 Å². The molecule has 0 aliphatic carbocycles. The van der Waals surface area contributed by atoms with Crippen molar-refractivity contribution in [2.75, 3.05) is 33.3 Å². The third-order valence-electron chi connectivity index (χ3n) is 5.66. The van der Waals surface area contributed by atoms with Crippen LogP contribution in [0.4, 0.5) is 0 Å². The minimum absolute atomic E-state index is 0.0659. The quantitative estimate of drug-likeness (QED) is 0.562. The number of hydrogen-bond acceptors (Lipinski definition) is 7. The van der Waals surface area contributed by atoms with E-state index in [4.69, 9.17) is 4.74 Å². The number of thiophene rings is 1. The number of aryl methyl sites for hydroxylation is 1. The average Bonchev–Trinajstić information content (AvgIpc) is 3.39. The SMILES string of the molecule is COc1cccc(CC(C(=O)N2CCCN(Cc3cccs3)CC2)n2nnnc2C)c1. The van der Waals surface area contributed by atoms with E-state index in [0.717, 1.165) is 43.9 Å². The number of carbonyl (C=O) groups excluding carboxylic acids is 1. The zero-order valence-electron chi connectivity index (χ0n) is 18.0. The summed E-state index contributed by atoms with van der Waals surface area (Å²) in [6.07, 6.45) is 1.47. The topological polar surface area (TPSA) is 76.4 Å². The van der Waals surface area contributed by atoms with Gasteiger partial charge < -0.3 is 9.64 Å². The maximum absolute atomic E-state index is 13.6. The fourth-order valence-electron chi connectivity index (χ4n) is 4.01. The molecule has 31 heavy (non-hydrogen) atoms. The van der Waals surface area contributed by atoms with Crippen LogP contribution in [-0.4, -0.2) is 69.2 Å². The molecule has 1 aliphatic rings. The van der Waals surface area contributed by atoms with Crippen molar-refractivity contribution in [3.63, 3.8) is 0 Å². The minimum atomic E-state index is -0.481. The van der Waals surface area contributed by atoms with E-state index in [9.17, 15) is 4.79 Å². The highest BCUT2D eigenvalue weighted by Crippen LogP contribution is 2.22. The van der Waals surface area contributed by atoms with Crippen molar-refractivity contribution in [3.05, 3.63) is 58.0 Å². The first-order valence-electron chi connectivity index (χ1n) is 10.5. The van der Waals surface area contributed by atoms with Crippen LogP contribution < -0.4 is 4.74 Å². The van der Waals surface area contributed by atoms with Crippen molar-refractivity contribution in [1.82, 2.24) is 30.0 Å². The summed E-state index contributed by atoms with van der Waals surface area (Å²) in [5.41, 5.74) is 1.02. The fraction of sp³-hybridized carbons (Fsp3) is 0.455. The summed E-state index contributed by atoms with van der Waals surface area (Å²) in [7, 11) is 1.65. The van der Waals surface area contributed by atoms with Crippen LogP contribution in [0.5, 0.6) is 5.75 Å². The lowest BCUT2D eigenvalue weighted by molar-refractivity contribution is -0.135. The Bertz CT molecular complexity index is 990. The highest BCUT2D eigenvalue weighted by Gasteiger charge is 2.30. The Labute approximate surface area is 186 Å². The van der Waals surface area contributed by atoms with Gasteiger partial charge in [0.25, 0.3) is 0 Å². The maximum Gasteiger partial charge on any atom is 0.247 e. The lowest BCUT2D eigenvalue weighted by atomic mass is 10.0. The van der Waals surface area contributed by atoms with Gasteiger partial charge in [-0.3, -0.25) is 9.69 Å². The lowest BCUT2D eigenvalue weighted by Crippen LogP contribution is -2.41. The van der Waals surface area contributed by atoms with E-state index in [1.54, 1.807) is 23.1 Å². The average molecular weight is 441 g/mol. The highest BCUT2D eigenvalue weighted by molar-refractivity contribution is 7.09. The van der Waals surface area contributed by atoms with Crippen LogP contribution in [0.2, 0.25) is 0 Å². The van der Waals surface area contributed by atoms with E-state index in [0.29, 0.717) is 18.8 Å². The Morgan fingerprint density at radius 3 is 2.84 bits per heavy atom. The third kappa shape index (κ3) is 5.29. The molecule has 1 aliphatic heterocycles. The highest BCUT2D eigenvalue weighted by atomic mass is 32.1. The molecule has 0 N–H and O–H groups in total. The first-order valence-corrected chi connectivity index (χ1v) is 11.4. The van der Waals surface area contributed by atoms with Crippen molar-refractivity contribution in [2.45, 2.75) is 32.4 Å². The van der Waals surface area contributed by atoms with Crippen molar-refractivity contribution in [1.29, 1.82) is 0 Å². The largest absolute Gasteiger partial charge is 0.497 e. The number of carbonyl (C=O) groups is 1. The molecule has 164 valence electrons. The van der Waals surface area contributed by atoms with Gasteiger partial charge in [-0.15, -0.1) is 16.4 Å². The van der Waals surface area contributed by atoms with Crippen LogP contribution in [0.3, 0.4) is 0 Å². The van der Waals surface area contributed by atoms with Crippen LogP contribution in [0, 0.1) is 6.92 Å². The van der Waals surface area contributed by atoms with Gasteiger partial charge in [0.2, 0.25) is 5.91 Å². The second-order valence-corrected chi connectivity index (χ2v) is 8.81. The predicted molar refractivity (Wildman–Crippen MR) is 119 cm³/mol. The summed E-state index contributed by atoms with van der Waals surface area (Å²) >= 11 is 1.78. The number of rotatable bonds is 7. The molecule has 9 heteroatoms. The second-order valence-electron chi connectivity index (χ2n) is 7.78. The van der Waals surface area contributed by atoms with Gasteiger partial charge in [0.15, 0.2) is 0 Å². The Morgan fingerprint density at radius 1 is 1.19 bits per heavy atom. The molecule has 4 rings (SSSR count). The maximum atomic E-state index is 13.6. The first kappa shape index (κ1) is 21.5. The molecule has 1 amide bonds. The standard InChI is InChI=1S/C22H28N6O2S/c1-17-23-24-25-28(17)21(15-18-6-3-7-19(14-18)30-2)22(29)27-10-5-9-26(11-12-27)16-20-8-4-13-31-20/h3-4,6-8,13-14,21H,5,9-12,15-16H2,1-2H3. The molecule has 3 aromatic rings. The third-order valence-corrected chi connectivity index (χ3v) is 6.52. The molecule has 3 heterocycles. The molecule has 1 saturated heterocycles. The predicted octanol–water partition coefficient (Wildman–Crippen LogP) is 2.57. The number of benzene rings is 1. The molecule has 0 saturated carbocycles. The Balaban J connectivity index is 1.49. The normalized spacial score (nSPS) is 16.1. The molecule has 1 atom stereocenters. The van der Waals surface area contributed by atoms with Crippen molar-refractivity contribution >= 4 is 17.2 Å². The smallest absolute Gasteiger partial charge is 0.247 e. The number of tetrazole rings is 1. The Hall–Kier alpha value is -2.78. The number of hydrogen-bond donors (Lipinski definition) is 0. The number of methoxy groups -OCH3 is 1. The summed E-state index contributed by atoms with van der Waals surface area (Å²) in [6.45, 7) is 6.09. The van der Waals surface area contributed by atoms with Crippen molar-refractivity contribution in [3.8, 4) is 5.75 Å². The zero-order valence-corrected chi connectivity index (χ0v) is 18.8.